The molecular formula is C16H19FN4. The molecule has 3 rings (SSSR count). The third-order valence-electron chi connectivity index (χ3n) is 3.74. The smallest absolute Gasteiger partial charge is 0.229 e. The van der Waals surface area contributed by atoms with E-state index < -0.39 is 0 Å². The second-order valence-corrected chi connectivity index (χ2v) is 5.47. The van der Waals surface area contributed by atoms with Gasteiger partial charge in [0.15, 0.2) is 0 Å². The Kier molecular flexibility index (Phi) is 3.84. The summed E-state index contributed by atoms with van der Waals surface area (Å²) in [5.74, 6) is 0.375. The molecule has 0 saturated heterocycles. The van der Waals surface area contributed by atoms with Crippen LogP contribution in [0, 0.1) is 12.7 Å². The summed E-state index contributed by atoms with van der Waals surface area (Å²) in [4.78, 5) is 10.8. The molecule has 0 unspecified atom stereocenters. The molecule has 5 heteroatoms. The molecule has 1 aliphatic rings. The lowest BCUT2D eigenvalue weighted by Gasteiger charge is -2.18. The van der Waals surface area contributed by atoms with Gasteiger partial charge in [0.05, 0.1) is 0 Å². The molecule has 1 N–H and O–H groups in total. The van der Waals surface area contributed by atoms with E-state index in [1.807, 2.05) is 25.1 Å². The SMILES string of the molecule is Cc1nc(N(C)c2ccc(F)cc2)ncc1CNC1CC1. The summed E-state index contributed by atoms with van der Waals surface area (Å²) in [6.45, 7) is 2.81. The maximum atomic E-state index is 13.0. The zero-order valence-corrected chi connectivity index (χ0v) is 12.3. The van der Waals surface area contributed by atoms with Crippen molar-refractivity contribution in [3.63, 3.8) is 0 Å². The first-order valence-corrected chi connectivity index (χ1v) is 7.18. The minimum Gasteiger partial charge on any atom is -0.314 e. The number of rotatable bonds is 5. The van der Waals surface area contributed by atoms with E-state index in [0.717, 1.165) is 23.5 Å². The molecule has 0 radical (unpaired) electrons. The molecule has 2 aromatic rings. The van der Waals surface area contributed by atoms with Crippen LogP contribution in [0.4, 0.5) is 16.0 Å². The summed E-state index contributed by atoms with van der Waals surface area (Å²) >= 11 is 0. The quantitative estimate of drug-likeness (QED) is 0.917. The highest BCUT2D eigenvalue weighted by Crippen LogP contribution is 2.22. The first-order chi connectivity index (χ1) is 10.1. The number of aromatic nitrogens is 2. The Hall–Kier alpha value is -2.01. The maximum Gasteiger partial charge on any atom is 0.229 e. The zero-order valence-electron chi connectivity index (χ0n) is 12.3. The van der Waals surface area contributed by atoms with Crippen molar-refractivity contribution >= 4 is 11.6 Å². The van der Waals surface area contributed by atoms with E-state index in [2.05, 4.69) is 15.3 Å². The van der Waals surface area contributed by atoms with Crippen molar-refractivity contribution in [2.24, 2.45) is 0 Å². The second-order valence-electron chi connectivity index (χ2n) is 5.47. The molecule has 0 bridgehead atoms. The van der Waals surface area contributed by atoms with E-state index in [4.69, 9.17) is 0 Å². The number of aryl methyl sites for hydroxylation is 1. The average molecular weight is 286 g/mol. The van der Waals surface area contributed by atoms with Crippen LogP contribution in [0.3, 0.4) is 0 Å². The van der Waals surface area contributed by atoms with Gasteiger partial charge in [-0.05, 0) is 44.0 Å². The summed E-state index contributed by atoms with van der Waals surface area (Å²) in [6, 6.07) is 6.98. The lowest BCUT2D eigenvalue weighted by molar-refractivity contribution is 0.628. The first-order valence-electron chi connectivity index (χ1n) is 7.18. The second kappa shape index (κ2) is 5.77. The minimum absolute atomic E-state index is 0.245. The molecule has 0 atom stereocenters. The van der Waals surface area contributed by atoms with Gasteiger partial charge in [0, 0.05) is 42.8 Å². The van der Waals surface area contributed by atoms with Crippen molar-refractivity contribution in [2.45, 2.75) is 32.4 Å². The molecule has 1 fully saturated rings. The first kappa shape index (κ1) is 13.9. The van der Waals surface area contributed by atoms with Gasteiger partial charge in [0.25, 0.3) is 0 Å². The molecule has 21 heavy (non-hydrogen) atoms. The summed E-state index contributed by atoms with van der Waals surface area (Å²) in [5.41, 5.74) is 2.96. The summed E-state index contributed by atoms with van der Waals surface area (Å²) in [7, 11) is 1.88. The highest BCUT2D eigenvalue weighted by atomic mass is 19.1. The Morgan fingerprint density at radius 2 is 2.00 bits per heavy atom. The minimum atomic E-state index is -0.245. The number of benzene rings is 1. The third kappa shape index (κ3) is 3.36. The van der Waals surface area contributed by atoms with Gasteiger partial charge in [-0.15, -0.1) is 0 Å². The fourth-order valence-electron chi connectivity index (χ4n) is 2.14. The number of hydrogen-bond donors (Lipinski definition) is 1. The predicted molar refractivity (Wildman–Crippen MR) is 81.1 cm³/mol. The van der Waals surface area contributed by atoms with Crippen LogP contribution in [-0.4, -0.2) is 23.1 Å². The highest BCUT2D eigenvalue weighted by Gasteiger charge is 2.20. The lowest BCUT2D eigenvalue weighted by Crippen LogP contribution is -2.18. The standard InChI is InChI=1S/C16H19FN4/c1-11-12(9-18-14-5-6-14)10-19-16(20-11)21(2)15-7-3-13(17)4-8-15/h3-4,7-8,10,14,18H,5-6,9H2,1-2H3. The van der Waals surface area contributed by atoms with Crippen LogP contribution in [0.5, 0.6) is 0 Å². The molecule has 110 valence electrons. The Bertz CT molecular complexity index is 623. The van der Waals surface area contributed by atoms with Gasteiger partial charge in [-0.1, -0.05) is 0 Å². The van der Waals surface area contributed by atoms with Gasteiger partial charge >= 0.3 is 0 Å². The normalized spacial score (nSPS) is 14.2. The molecular weight excluding hydrogens is 267 g/mol. The Labute approximate surface area is 124 Å². The monoisotopic (exact) mass is 286 g/mol. The zero-order chi connectivity index (χ0) is 14.8. The van der Waals surface area contributed by atoms with Crippen LogP contribution < -0.4 is 10.2 Å². The van der Waals surface area contributed by atoms with E-state index in [9.17, 15) is 4.39 Å². The molecule has 1 aliphatic carbocycles. The molecule has 1 aromatic carbocycles. The van der Waals surface area contributed by atoms with E-state index in [1.54, 1.807) is 12.1 Å². The van der Waals surface area contributed by atoms with Crippen molar-refractivity contribution in [2.75, 3.05) is 11.9 Å². The number of nitrogens with one attached hydrogen (secondary N) is 1. The number of nitrogens with zero attached hydrogens (tertiary/aromatic N) is 3. The number of hydrogen-bond acceptors (Lipinski definition) is 4. The average Bonchev–Trinajstić information content (AvgIpc) is 3.30. The van der Waals surface area contributed by atoms with E-state index in [-0.39, 0.29) is 5.82 Å². The van der Waals surface area contributed by atoms with Crippen molar-refractivity contribution in [1.29, 1.82) is 0 Å². The largest absolute Gasteiger partial charge is 0.314 e. The fourth-order valence-corrected chi connectivity index (χ4v) is 2.14. The van der Waals surface area contributed by atoms with Crippen LogP contribution in [0.25, 0.3) is 0 Å². The molecule has 0 amide bonds. The van der Waals surface area contributed by atoms with Crippen LogP contribution >= 0.6 is 0 Å². The van der Waals surface area contributed by atoms with Crippen molar-refractivity contribution < 1.29 is 4.39 Å². The van der Waals surface area contributed by atoms with Crippen molar-refractivity contribution in [3.8, 4) is 0 Å². The van der Waals surface area contributed by atoms with Crippen molar-refractivity contribution in [3.05, 3.63) is 47.5 Å². The van der Waals surface area contributed by atoms with Crippen molar-refractivity contribution in [1.82, 2.24) is 15.3 Å². The van der Waals surface area contributed by atoms with Gasteiger partial charge in [0.2, 0.25) is 5.95 Å². The fraction of sp³-hybridized carbons (Fsp3) is 0.375. The van der Waals surface area contributed by atoms with Crippen LogP contribution in [0.15, 0.2) is 30.5 Å². The van der Waals surface area contributed by atoms with Crippen LogP contribution in [-0.2, 0) is 6.54 Å². The summed E-state index contributed by atoms with van der Waals surface area (Å²) in [5, 5.41) is 3.47. The van der Waals surface area contributed by atoms with Crippen LogP contribution in [0.2, 0.25) is 0 Å². The summed E-state index contributed by atoms with van der Waals surface area (Å²) < 4.78 is 13.0. The topological polar surface area (TPSA) is 41.1 Å². The van der Waals surface area contributed by atoms with Gasteiger partial charge in [-0.3, -0.25) is 0 Å². The Morgan fingerprint density at radius 1 is 1.29 bits per heavy atom. The van der Waals surface area contributed by atoms with E-state index >= 15 is 0 Å². The number of halogens is 1. The predicted octanol–water partition coefficient (Wildman–Crippen LogP) is 2.94. The molecule has 1 saturated carbocycles. The lowest BCUT2D eigenvalue weighted by atomic mass is 10.2. The Morgan fingerprint density at radius 3 is 2.62 bits per heavy atom. The molecule has 1 heterocycles. The molecule has 0 aliphatic heterocycles. The van der Waals surface area contributed by atoms with Gasteiger partial charge in [-0.25, -0.2) is 14.4 Å². The third-order valence-corrected chi connectivity index (χ3v) is 3.74. The maximum absolute atomic E-state index is 13.0. The highest BCUT2D eigenvalue weighted by molar-refractivity contribution is 5.56. The van der Waals surface area contributed by atoms with E-state index in [1.165, 1.54) is 25.0 Å². The van der Waals surface area contributed by atoms with Gasteiger partial charge in [-0.2, -0.15) is 0 Å². The summed E-state index contributed by atoms with van der Waals surface area (Å²) in [6.07, 6.45) is 4.41. The Balaban J connectivity index is 1.75. The van der Waals surface area contributed by atoms with Gasteiger partial charge < -0.3 is 10.2 Å². The van der Waals surface area contributed by atoms with E-state index in [0.29, 0.717) is 12.0 Å². The van der Waals surface area contributed by atoms with Crippen LogP contribution in [0.1, 0.15) is 24.1 Å². The van der Waals surface area contributed by atoms with Gasteiger partial charge in [0.1, 0.15) is 5.82 Å². The molecule has 1 aromatic heterocycles. The number of anilines is 2. The molecule has 0 spiro atoms. The molecule has 4 nitrogen and oxygen atoms in total.